The van der Waals surface area contributed by atoms with E-state index in [0.717, 1.165) is 5.56 Å². The lowest BCUT2D eigenvalue weighted by atomic mass is 10.1. The summed E-state index contributed by atoms with van der Waals surface area (Å²) < 4.78 is 0. The summed E-state index contributed by atoms with van der Waals surface area (Å²) >= 11 is 1.66. The minimum atomic E-state index is -0.574. The fourth-order valence-corrected chi connectivity index (χ4v) is 2.70. The molecular weight excluding hydrogens is 465 g/mol. The molecule has 26 heavy (non-hydrogen) atoms. The largest absolute Gasteiger partial charge is 0.368 e. The van der Waals surface area contributed by atoms with Gasteiger partial charge < -0.3 is 21.7 Å². The molecule has 1 aromatic carbocycles. The predicted molar refractivity (Wildman–Crippen MR) is 115 cm³/mol. The van der Waals surface area contributed by atoms with Crippen molar-refractivity contribution in [3.63, 3.8) is 0 Å². The molecule has 9 heteroatoms. The van der Waals surface area contributed by atoms with E-state index in [1.165, 1.54) is 5.56 Å². The number of halogens is 1. The Morgan fingerprint density at radius 2 is 1.69 bits per heavy atom. The van der Waals surface area contributed by atoms with Crippen molar-refractivity contribution >= 4 is 53.1 Å². The quantitative estimate of drug-likeness (QED) is 0.269. The van der Waals surface area contributed by atoms with Gasteiger partial charge in [-0.05, 0) is 40.1 Å². The van der Waals surface area contributed by atoms with Crippen LogP contribution in [0.3, 0.4) is 0 Å². The number of nitrogens with zero attached hydrogens (tertiary/aromatic N) is 1. The molecule has 0 aliphatic carbocycles. The van der Waals surface area contributed by atoms with Crippen LogP contribution < -0.4 is 21.7 Å². The highest BCUT2D eigenvalue weighted by atomic mass is 127. The SMILES string of the molecule is CN=C(NCc1ccc(C(=O)NCC(N)=O)cc1)NCc1ccsc1.I. The molecule has 0 unspecified atom stereocenters. The van der Waals surface area contributed by atoms with Crippen molar-refractivity contribution in [2.24, 2.45) is 10.7 Å². The normalized spacial score (nSPS) is 10.6. The van der Waals surface area contributed by atoms with Crippen LogP contribution in [-0.4, -0.2) is 31.4 Å². The molecule has 0 bridgehead atoms. The van der Waals surface area contributed by atoms with Crippen LogP contribution in [0.25, 0.3) is 0 Å². The molecule has 0 radical (unpaired) electrons. The van der Waals surface area contributed by atoms with E-state index in [9.17, 15) is 9.59 Å². The summed E-state index contributed by atoms with van der Waals surface area (Å²) in [6.07, 6.45) is 0. The summed E-state index contributed by atoms with van der Waals surface area (Å²) in [5.41, 5.74) is 7.69. The van der Waals surface area contributed by atoms with Crippen molar-refractivity contribution in [1.82, 2.24) is 16.0 Å². The Morgan fingerprint density at radius 3 is 2.23 bits per heavy atom. The molecule has 1 heterocycles. The number of hydrogen-bond donors (Lipinski definition) is 4. The summed E-state index contributed by atoms with van der Waals surface area (Å²) in [5.74, 6) is -0.198. The number of carbonyl (C=O) groups is 2. The van der Waals surface area contributed by atoms with Gasteiger partial charge in [0.1, 0.15) is 0 Å². The molecule has 7 nitrogen and oxygen atoms in total. The first-order valence-electron chi connectivity index (χ1n) is 7.69. The molecule has 2 aromatic rings. The second-order valence-corrected chi connectivity index (χ2v) is 6.04. The number of thiophene rings is 1. The van der Waals surface area contributed by atoms with E-state index in [4.69, 9.17) is 5.73 Å². The first kappa shape index (κ1) is 21.9. The first-order chi connectivity index (χ1) is 12.1. The zero-order valence-electron chi connectivity index (χ0n) is 14.3. The number of nitrogens with one attached hydrogen (secondary N) is 3. The molecule has 0 aliphatic rings. The minimum absolute atomic E-state index is 0. The first-order valence-corrected chi connectivity index (χ1v) is 8.64. The van der Waals surface area contributed by atoms with Crippen molar-refractivity contribution in [3.05, 3.63) is 57.8 Å². The third-order valence-electron chi connectivity index (χ3n) is 3.36. The fraction of sp³-hybridized carbons (Fsp3) is 0.235. The molecular formula is C17H22IN5O2S. The van der Waals surface area contributed by atoms with Crippen LogP contribution in [0, 0.1) is 0 Å². The van der Waals surface area contributed by atoms with E-state index in [2.05, 4.69) is 32.4 Å². The molecule has 2 rings (SSSR count). The smallest absolute Gasteiger partial charge is 0.251 e. The third-order valence-corrected chi connectivity index (χ3v) is 4.09. The van der Waals surface area contributed by atoms with E-state index in [1.54, 1.807) is 30.5 Å². The van der Waals surface area contributed by atoms with Crippen molar-refractivity contribution < 1.29 is 9.59 Å². The summed E-state index contributed by atoms with van der Waals surface area (Å²) in [5, 5.41) is 13.0. The van der Waals surface area contributed by atoms with E-state index in [-0.39, 0.29) is 36.4 Å². The van der Waals surface area contributed by atoms with Crippen LogP contribution >= 0.6 is 35.3 Å². The lowest BCUT2D eigenvalue weighted by molar-refractivity contribution is -0.117. The lowest BCUT2D eigenvalue weighted by Gasteiger charge is -2.11. The molecule has 0 aliphatic heterocycles. The molecule has 0 fully saturated rings. The summed E-state index contributed by atoms with van der Waals surface area (Å²) in [6.45, 7) is 1.11. The van der Waals surface area contributed by atoms with E-state index < -0.39 is 5.91 Å². The zero-order valence-corrected chi connectivity index (χ0v) is 17.5. The number of aliphatic imine (C=N–C) groups is 1. The second kappa shape index (κ2) is 11.5. The number of nitrogens with two attached hydrogens (primary N) is 1. The van der Waals surface area contributed by atoms with Crippen molar-refractivity contribution in [1.29, 1.82) is 0 Å². The van der Waals surface area contributed by atoms with Gasteiger partial charge in [-0.2, -0.15) is 11.3 Å². The highest BCUT2D eigenvalue weighted by Crippen LogP contribution is 2.06. The molecule has 0 saturated heterocycles. The van der Waals surface area contributed by atoms with E-state index in [0.29, 0.717) is 24.6 Å². The Labute approximate surface area is 173 Å². The molecule has 5 N–H and O–H groups in total. The summed E-state index contributed by atoms with van der Waals surface area (Å²) in [7, 11) is 1.72. The van der Waals surface area contributed by atoms with Crippen molar-refractivity contribution in [2.75, 3.05) is 13.6 Å². The number of carbonyl (C=O) groups excluding carboxylic acids is 2. The zero-order chi connectivity index (χ0) is 18.1. The van der Waals surface area contributed by atoms with Crippen LogP contribution in [0.15, 0.2) is 46.1 Å². The maximum atomic E-state index is 11.8. The van der Waals surface area contributed by atoms with E-state index in [1.807, 2.05) is 17.5 Å². The summed E-state index contributed by atoms with van der Waals surface area (Å²) in [4.78, 5) is 26.7. The Bertz CT molecular complexity index is 732. The summed E-state index contributed by atoms with van der Waals surface area (Å²) in [6, 6.07) is 9.16. The molecule has 0 spiro atoms. The van der Waals surface area contributed by atoms with Gasteiger partial charge in [-0.3, -0.25) is 14.6 Å². The Morgan fingerprint density at radius 1 is 1.04 bits per heavy atom. The topological polar surface area (TPSA) is 109 Å². The van der Waals surface area contributed by atoms with Gasteiger partial charge in [0.25, 0.3) is 5.91 Å². The van der Waals surface area contributed by atoms with Crippen LogP contribution in [0.4, 0.5) is 0 Å². The van der Waals surface area contributed by atoms with Gasteiger partial charge in [-0.15, -0.1) is 24.0 Å². The number of amides is 2. The standard InChI is InChI=1S/C17H21N5O2S.HI/c1-19-17(22-9-13-6-7-25-11-13)21-8-12-2-4-14(5-3-12)16(24)20-10-15(18)23;/h2-7,11H,8-10H2,1H3,(H2,18,23)(H,20,24)(H2,19,21,22);1H. The average Bonchev–Trinajstić information content (AvgIpc) is 3.14. The third kappa shape index (κ3) is 7.40. The Balaban J connectivity index is 0.00000338. The second-order valence-electron chi connectivity index (χ2n) is 5.26. The van der Waals surface area contributed by atoms with Gasteiger partial charge in [0.2, 0.25) is 5.91 Å². The number of guanidine groups is 1. The fourth-order valence-electron chi connectivity index (χ4n) is 2.03. The van der Waals surface area contributed by atoms with Crippen LogP contribution in [0.2, 0.25) is 0 Å². The number of hydrogen-bond acceptors (Lipinski definition) is 4. The maximum Gasteiger partial charge on any atom is 0.251 e. The molecule has 1 aromatic heterocycles. The Hall–Kier alpha value is -2.14. The van der Waals surface area contributed by atoms with Crippen LogP contribution in [0.5, 0.6) is 0 Å². The van der Waals surface area contributed by atoms with Crippen LogP contribution in [-0.2, 0) is 17.9 Å². The number of primary amides is 1. The predicted octanol–water partition coefficient (Wildman–Crippen LogP) is 1.45. The van der Waals surface area contributed by atoms with Gasteiger partial charge in [0.15, 0.2) is 5.96 Å². The van der Waals surface area contributed by atoms with Gasteiger partial charge in [0.05, 0.1) is 6.54 Å². The molecule has 2 amide bonds. The number of benzene rings is 1. The van der Waals surface area contributed by atoms with Gasteiger partial charge in [0, 0.05) is 25.7 Å². The molecule has 0 saturated carbocycles. The van der Waals surface area contributed by atoms with Crippen molar-refractivity contribution in [3.8, 4) is 0 Å². The van der Waals surface area contributed by atoms with Gasteiger partial charge >= 0.3 is 0 Å². The monoisotopic (exact) mass is 487 g/mol. The maximum absolute atomic E-state index is 11.8. The highest BCUT2D eigenvalue weighted by Gasteiger charge is 2.06. The van der Waals surface area contributed by atoms with Crippen LogP contribution in [0.1, 0.15) is 21.5 Å². The number of rotatable bonds is 7. The highest BCUT2D eigenvalue weighted by molar-refractivity contribution is 14.0. The molecule has 0 atom stereocenters. The molecule has 140 valence electrons. The van der Waals surface area contributed by atoms with E-state index >= 15 is 0 Å². The van der Waals surface area contributed by atoms with Gasteiger partial charge in [-0.25, -0.2) is 0 Å². The average molecular weight is 487 g/mol. The Kier molecular flexibility index (Phi) is 9.66. The lowest BCUT2D eigenvalue weighted by Crippen LogP contribution is -2.36. The minimum Gasteiger partial charge on any atom is -0.368 e. The van der Waals surface area contributed by atoms with Gasteiger partial charge in [-0.1, -0.05) is 12.1 Å². The van der Waals surface area contributed by atoms with Crippen molar-refractivity contribution in [2.45, 2.75) is 13.1 Å².